The van der Waals surface area contributed by atoms with Gasteiger partial charge in [-0.2, -0.15) is 4.99 Å². The number of benzene rings is 3. The molecule has 0 saturated carbocycles. The van der Waals surface area contributed by atoms with Crippen molar-refractivity contribution in [3.05, 3.63) is 89.7 Å². The summed E-state index contributed by atoms with van der Waals surface area (Å²) in [6.07, 6.45) is -2.90. The second kappa shape index (κ2) is 13.5. The standard InChI is InChI=1S/C34H36F3N5O2S/c1-21(2)31-22(3)7-6-8-29(31)41-17-18-45-33(41)39-30(43)19-23(4)24(5)25-9-11-26(12-10-25)32-38-20-42(40-32)27-13-15-28(16-14-27)44-34(35,36)37/h6-16,20-21,23-24H,17-19H2,1-5H3/b39-33-. The van der Waals surface area contributed by atoms with Crippen molar-refractivity contribution in [1.82, 2.24) is 14.8 Å². The van der Waals surface area contributed by atoms with Crippen molar-refractivity contribution in [1.29, 1.82) is 0 Å². The van der Waals surface area contributed by atoms with E-state index in [2.05, 4.69) is 77.5 Å². The molecule has 2 atom stereocenters. The van der Waals surface area contributed by atoms with E-state index in [4.69, 9.17) is 0 Å². The third-order valence-electron chi connectivity index (χ3n) is 8.04. The summed E-state index contributed by atoms with van der Waals surface area (Å²) in [5.74, 6) is 1.50. The van der Waals surface area contributed by atoms with Crippen LogP contribution in [-0.4, -0.2) is 44.5 Å². The van der Waals surface area contributed by atoms with Crippen molar-refractivity contribution >= 4 is 28.5 Å². The van der Waals surface area contributed by atoms with Gasteiger partial charge in [-0.3, -0.25) is 4.79 Å². The van der Waals surface area contributed by atoms with Crippen LogP contribution >= 0.6 is 11.8 Å². The van der Waals surface area contributed by atoms with Crippen molar-refractivity contribution in [3.8, 4) is 22.8 Å². The smallest absolute Gasteiger partial charge is 0.406 e. The van der Waals surface area contributed by atoms with Crippen LogP contribution in [0, 0.1) is 12.8 Å². The highest BCUT2D eigenvalue weighted by Gasteiger charge is 2.31. The molecule has 2 heterocycles. The summed E-state index contributed by atoms with van der Waals surface area (Å²) >= 11 is 1.63. The van der Waals surface area contributed by atoms with Gasteiger partial charge in [0.2, 0.25) is 5.91 Å². The number of hydrogen-bond donors (Lipinski definition) is 0. The van der Waals surface area contributed by atoms with Crippen LogP contribution in [0.3, 0.4) is 0 Å². The molecule has 11 heteroatoms. The van der Waals surface area contributed by atoms with Crippen LogP contribution in [0.2, 0.25) is 0 Å². The molecule has 1 aliphatic rings. The molecule has 45 heavy (non-hydrogen) atoms. The van der Waals surface area contributed by atoms with Crippen molar-refractivity contribution in [2.75, 3.05) is 17.2 Å². The molecule has 2 unspecified atom stereocenters. The second-order valence-corrected chi connectivity index (χ2v) is 12.7. The summed E-state index contributed by atoms with van der Waals surface area (Å²) in [5.41, 5.74) is 6.11. The Labute approximate surface area is 265 Å². The lowest BCUT2D eigenvalue weighted by atomic mass is 9.86. The molecule has 0 spiro atoms. The number of ether oxygens (including phenoxy) is 1. The molecule has 1 saturated heterocycles. The van der Waals surface area contributed by atoms with Gasteiger partial charge in [-0.15, -0.1) is 18.3 Å². The first-order valence-corrected chi connectivity index (χ1v) is 15.9. The van der Waals surface area contributed by atoms with Gasteiger partial charge in [0, 0.05) is 30.0 Å². The van der Waals surface area contributed by atoms with E-state index in [1.165, 1.54) is 46.4 Å². The number of halogens is 3. The summed E-state index contributed by atoms with van der Waals surface area (Å²) in [5, 5.41) is 5.25. The van der Waals surface area contributed by atoms with Gasteiger partial charge in [-0.25, -0.2) is 9.67 Å². The molecule has 0 bridgehead atoms. The monoisotopic (exact) mass is 635 g/mol. The summed E-state index contributed by atoms with van der Waals surface area (Å²) in [4.78, 5) is 24.3. The highest BCUT2D eigenvalue weighted by atomic mass is 32.2. The number of rotatable bonds is 9. The molecule has 3 aromatic carbocycles. The minimum Gasteiger partial charge on any atom is -0.406 e. The van der Waals surface area contributed by atoms with E-state index in [0.29, 0.717) is 23.9 Å². The number of carbonyl (C=O) groups excluding carboxylic acids is 1. The van der Waals surface area contributed by atoms with Crippen molar-refractivity contribution in [2.45, 2.75) is 59.2 Å². The molecule has 0 N–H and O–H groups in total. The van der Waals surface area contributed by atoms with Gasteiger partial charge in [0.15, 0.2) is 11.0 Å². The number of amides is 1. The topological polar surface area (TPSA) is 72.6 Å². The summed E-state index contributed by atoms with van der Waals surface area (Å²) in [6, 6.07) is 19.6. The van der Waals surface area contributed by atoms with Gasteiger partial charge in [-0.1, -0.05) is 75.9 Å². The van der Waals surface area contributed by atoms with E-state index in [1.54, 1.807) is 11.8 Å². The Morgan fingerprint density at radius 2 is 1.73 bits per heavy atom. The average Bonchev–Trinajstić information content (AvgIpc) is 3.66. The zero-order valence-corrected chi connectivity index (χ0v) is 26.7. The van der Waals surface area contributed by atoms with Crippen LogP contribution in [0.5, 0.6) is 5.75 Å². The van der Waals surface area contributed by atoms with E-state index in [1.807, 2.05) is 24.3 Å². The van der Waals surface area contributed by atoms with Gasteiger partial charge < -0.3 is 9.64 Å². The van der Waals surface area contributed by atoms with E-state index in [9.17, 15) is 18.0 Å². The zero-order valence-electron chi connectivity index (χ0n) is 25.9. The van der Waals surface area contributed by atoms with Crippen LogP contribution in [0.15, 0.2) is 78.0 Å². The Hall–Kier alpha value is -4.12. The van der Waals surface area contributed by atoms with Crippen LogP contribution in [-0.2, 0) is 4.79 Å². The Morgan fingerprint density at radius 3 is 2.40 bits per heavy atom. The molecule has 1 aliphatic heterocycles. The lowest BCUT2D eigenvalue weighted by molar-refractivity contribution is -0.274. The predicted octanol–water partition coefficient (Wildman–Crippen LogP) is 8.53. The van der Waals surface area contributed by atoms with Crippen LogP contribution in [0.1, 0.15) is 62.6 Å². The molecule has 4 aromatic rings. The number of aliphatic imine (C=N–C) groups is 1. The Balaban J connectivity index is 1.22. The number of aryl methyl sites for hydroxylation is 1. The number of hydrogen-bond acceptors (Lipinski definition) is 5. The third kappa shape index (κ3) is 7.76. The number of nitrogens with zero attached hydrogens (tertiary/aromatic N) is 5. The molecular formula is C34H36F3N5O2S. The van der Waals surface area contributed by atoms with Gasteiger partial charge in [-0.05, 0) is 71.7 Å². The summed E-state index contributed by atoms with van der Waals surface area (Å²) in [6.45, 7) is 11.5. The predicted molar refractivity (Wildman–Crippen MR) is 173 cm³/mol. The van der Waals surface area contributed by atoms with Gasteiger partial charge in [0.1, 0.15) is 12.1 Å². The molecule has 0 aliphatic carbocycles. The fourth-order valence-corrected chi connectivity index (χ4v) is 6.53. The molecular weight excluding hydrogens is 599 g/mol. The van der Waals surface area contributed by atoms with Crippen LogP contribution in [0.25, 0.3) is 17.1 Å². The maximum absolute atomic E-state index is 13.1. The first-order valence-electron chi connectivity index (χ1n) is 14.9. The van der Waals surface area contributed by atoms with E-state index >= 15 is 0 Å². The summed E-state index contributed by atoms with van der Waals surface area (Å²) in [7, 11) is 0. The van der Waals surface area contributed by atoms with Gasteiger partial charge in [0.05, 0.1) is 5.69 Å². The zero-order chi connectivity index (χ0) is 32.3. The van der Waals surface area contributed by atoms with E-state index in [0.717, 1.165) is 34.3 Å². The lowest BCUT2D eigenvalue weighted by Gasteiger charge is -2.25. The molecule has 1 fully saturated rings. The quantitative estimate of drug-likeness (QED) is 0.184. The van der Waals surface area contributed by atoms with E-state index < -0.39 is 6.36 Å². The highest BCUT2D eigenvalue weighted by molar-refractivity contribution is 8.14. The second-order valence-electron chi connectivity index (χ2n) is 11.6. The number of aromatic nitrogens is 3. The Kier molecular flexibility index (Phi) is 9.67. The van der Waals surface area contributed by atoms with Crippen LogP contribution in [0.4, 0.5) is 18.9 Å². The average molecular weight is 636 g/mol. The molecule has 5 rings (SSSR count). The number of carbonyl (C=O) groups is 1. The molecule has 7 nitrogen and oxygen atoms in total. The molecule has 0 radical (unpaired) electrons. The number of thioether (sulfide) groups is 1. The fourth-order valence-electron chi connectivity index (χ4n) is 5.56. The summed E-state index contributed by atoms with van der Waals surface area (Å²) < 4.78 is 42.8. The van der Waals surface area contributed by atoms with Crippen LogP contribution < -0.4 is 9.64 Å². The Bertz CT molecular complexity index is 1670. The highest BCUT2D eigenvalue weighted by Crippen LogP contribution is 2.35. The SMILES string of the molecule is Cc1cccc(N2CCS/C2=N\C(=O)CC(C)C(C)c2ccc(-c3ncn(-c4ccc(OC(F)(F)F)cc4)n3)cc2)c1C(C)C. The largest absolute Gasteiger partial charge is 0.573 e. The number of anilines is 1. The van der Waals surface area contributed by atoms with Gasteiger partial charge in [0.25, 0.3) is 0 Å². The maximum atomic E-state index is 13.1. The first kappa shape index (κ1) is 32.3. The molecule has 1 amide bonds. The Morgan fingerprint density at radius 1 is 1.02 bits per heavy atom. The van der Waals surface area contributed by atoms with Crippen molar-refractivity contribution < 1.29 is 22.7 Å². The minimum absolute atomic E-state index is 0.0689. The lowest BCUT2D eigenvalue weighted by Crippen LogP contribution is -2.26. The first-order chi connectivity index (χ1) is 21.4. The third-order valence-corrected chi connectivity index (χ3v) is 8.99. The van der Waals surface area contributed by atoms with E-state index in [-0.39, 0.29) is 23.5 Å². The molecule has 236 valence electrons. The normalized spacial score (nSPS) is 15.9. The number of alkyl halides is 3. The number of amidine groups is 1. The van der Waals surface area contributed by atoms with Crippen molar-refractivity contribution in [2.24, 2.45) is 10.9 Å². The van der Waals surface area contributed by atoms with Crippen molar-refractivity contribution in [3.63, 3.8) is 0 Å². The molecule has 1 aromatic heterocycles. The fraction of sp³-hybridized carbons (Fsp3) is 0.353. The van der Waals surface area contributed by atoms with Gasteiger partial charge >= 0.3 is 6.36 Å². The maximum Gasteiger partial charge on any atom is 0.573 e. The minimum atomic E-state index is -4.75.